The van der Waals surface area contributed by atoms with E-state index in [1.165, 1.54) is 6.92 Å². The highest BCUT2D eigenvalue weighted by atomic mass is 16.6. The number of ether oxygens (including phenoxy) is 3. The molecule has 3 unspecified atom stereocenters. The molecule has 1 aromatic heterocycles. The Labute approximate surface area is 153 Å². The first-order valence-corrected chi connectivity index (χ1v) is 8.46. The van der Waals surface area contributed by atoms with Crippen LogP contribution in [0.5, 0.6) is 0 Å². The molecule has 0 aliphatic carbocycles. The average Bonchev–Trinajstić information content (AvgIpc) is 3.46. The summed E-state index contributed by atoms with van der Waals surface area (Å²) < 4.78 is 18.4. The Morgan fingerprint density at radius 3 is 1.26 bits per heavy atom. The largest absolute Gasteiger partial charge is 0.478 e. The lowest BCUT2D eigenvalue weighted by Gasteiger charge is -2.12. The van der Waals surface area contributed by atoms with Gasteiger partial charge in [-0.1, -0.05) is 6.58 Å². The maximum atomic E-state index is 12.4. The Hall–Kier alpha value is -2.50. The lowest BCUT2D eigenvalue weighted by Crippen LogP contribution is -2.55. The Bertz CT molecular complexity index is 773. The number of epoxide rings is 3. The van der Waals surface area contributed by atoms with Crippen molar-refractivity contribution >= 4 is 5.97 Å². The van der Waals surface area contributed by atoms with Crippen molar-refractivity contribution in [2.45, 2.75) is 44.9 Å². The van der Waals surface area contributed by atoms with Crippen molar-refractivity contribution in [1.29, 1.82) is 0 Å². The number of hydrogen-bond donors (Lipinski definition) is 1. The highest BCUT2D eigenvalue weighted by Gasteiger charge is 2.31. The quantitative estimate of drug-likeness (QED) is 0.422. The number of carbonyl (C=O) groups is 1. The van der Waals surface area contributed by atoms with Gasteiger partial charge in [0.15, 0.2) is 0 Å². The fraction of sp³-hybridized carbons (Fsp3) is 0.625. The van der Waals surface area contributed by atoms with Gasteiger partial charge in [-0.3, -0.25) is 0 Å². The van der Waals surface area contributed by atoms with Crippen molar-refractivity contribution in [3.05, 3.63) is 43.6 Å². The molecule has 11 nitrogen and oxygen atoms in total. The molecule has 0 saturated carbocycles. The second-order valence-corrected chi connectivity index (χ2v) is 6.63. The van der Waals surface area contributed by atoms with Crippen LogP contribution in [0.15, 0.2) is 26.5 Å². The molecule has 0 radical (unpaired) electrons. The van der Waals surface area contributed by atoms with E-state index in [4.69, 9.17) is 19.3 Å². The second kappa shape index (κ2) is 7.62. The highest BCUT2D eigenvalue weighted by molar-refractivity contribution is 5.84. The zero-order valence-corrected chi connectivity index (χ0v) is 14.8. The first kappa shape index (κ1) is 19.3. The zero-order chi connectivity index (χ0) is 19.7. The number of hydrogen-bond acceptors (Lipinski definition) is 7. The molecule has 1 N–H and O–H groups in total. The molecule has 3 aliphatic heterocycles. The Balaban J connectivity index is 0.000000307. The molecule has 0 aromatic carbocycles. The third-order valence-electron chi connectivity index (χ3n) is 4.12. The molecule has 0 amide bonds. The SMILES string of the molecule is C=C(C)C(=O)O.O=c1n(CC2CO2)c(=O)n(CC2CO2)c(=O)n1CC1CO1. The second-order valence-electron chi connectivity index (χ2n) is 6.63. The third-order valence-corrected chi connectivity index (χ3v) is 4.12. The minimum absolute atomic E-state index is 0.121. The fourth-order valence-corrected chi connectivity index (χ4v) is 2.28. The molecule has 3 saturated heterocycles. The molecule has 148 valence electrons. The summed E-state index contributed by atoms with van der Waals surface area (Å²) in [5, 5.41) is 7.89. The van der Waals surface area contributed by atoms with Crippen LogP contribution in [0, 0.1) is 0 Å². The minimum atomic E-state index is -0.935. The summed E-state index contributed by atoms with van der Waals surface area (Å²) in [4.78, 5) is 46.7. The van der Waals surface area contributed by atoms with Crippen LogP contribution in [-0.4, -0.2) is 62.9 Å². The molecule has 11 heteroatoms. The average molecular weight is 383 g/mol. The molecule has 3 aliphatic rings. The maximum Gasteiger partial charge on any atom is 0.336 e. The summed E-state index contributed by atoms with van der Waals surface area (Å²) in [7, 11) is 0. The summed E-state index contributed by atoms with van der Waals surface area (Å²) in [5.41, 5.74) is -1.60. The van der Waals surface area contributed by atoms with Crippen LogP contribution < -0.4 is 17.1 Å². The summed E-state index contributed by atoms with van der Waals surface area (Å²) in [6.45, 7) is 6.72. The van der Waals surface area contributed by atoms with Gasteiger partial charge in [0.05, 0.1) is 57.8 Å². The predicted molar refractivity (Wildman–Crippen MR) is 90.9 cm³/mol. The number of aliphatic carboxylic acids is 1. The van der Waals surface area contributed by atoms with Gasteiger partial charge in [-0.15, -0.1) is 0 Å². The Morgan fingerprint density at radius 1 is 0.889 bits per heavy atom. The van der Waals surface area contributed by atoms with E-state index in [1.54, 1.807) is 0 Å². The van der Waals surface area contributed by atoms with E-state index < -0.39 is 23.0 Å². The van der Waals surface area contributed by atoms with E-state index in [0.29, 0.717) is 19.8 Å². The van der Waals surface area contributed by atoms with Crippen LogP contribution >= 0.6 is 0 Å². The van der Waals surface area contributed by atoms with Gasteiger partial charge >= 0.3 is 23.0 Å². The summed E-state index contributed by atoms with van der Waals surface area (Å²) in [6.07, 6.45) is -0.363. The zero-order valence-electron chi connectivity index (χ0n) is 14.8. The van der Waals surface area contributed by atoms with Crippen LogP contribution in [0.4, 0.5) is 0 Å². The number of carboxylic acid groups (broad SMARTS) is 1. The van der Waals surface area contributed by atoms with Gasteiger partial charge in [0.2, 0.25) is 0 Å². The molecule has 4 heterocycles. The van der Waals surface area contributed by atoms with Crippen LogP contribution in [0.25, 0.3) is 0 Å². The molecule has 1 aromatic rings. The summed E-state index contributed by atoms with van der Waals surface area (Å²) >= 11 is 0. The molecule has 3 atom stereocenters. The van der Waals surface area contributed by atoms with E-state index in [2.05, 4.69) is 6.58 Å². The van der Waals surface area contributed by atoms with Gasteiger partial charge in [-0.05, 0) is 6.92 Å². The normalized spacial score (nSPS) is 24.6. The standard InChI is InChI=1S/C12H15N3O6.C4H6O2/c16-10-13(1-7-4-19-7)11(17)15(3-9-6-21-9)12(18)14(10)2-8-5-20-8;1-3(2)4(5)6/h7-9H,1-6H2;1H2,2H3,(H,5,6). The van der Waals surface area contributed by atoms with Crippen molar-refractivity contribution < 1.29 is 24.1 Å². The number of rotatable bonds is 7. The summed E-state index contributed by atoms with van der Waals surface area (Å²) in [6, 6.07) is 0. The van der Waals surface area contributed by atoms with E-state index in [9.17, 15) is 19.2 Å². The highest BCUT2D eigenvalue weighted by Crippen LogP contribution is 2.12. The van der Waals surface area contributed by atoms with E-state index in [1.807, 2.05) is 0 Å². The van der Waals surface area contributed by atoms with Crippen LogP contribution in [-0.2, 0) is 38.6 Å². The molecule has 3 fully saturated rings. The van der Waals surface area contributed by atoms with Crippen molar-refractivity contribution in [2.24, 2.45) is 0 Å². The fourth-order valence-electron chi connectivity index (χ4n) is 2.28. The molecular formula is C16H21N3O8. The molecule has 0 bridgehead atoms. The first-order valence-electron chi connectivity index (χ1n) is 8.46. The lowest BCUT2D eigenvalue weighted by atomic mass is 10.4. The minimum Gasteiger partial charge on any atom is -0.478 e. The smallest absolute Gasteiger partial charge is 0.336 e. The molecule has 0 spiro atoms. The van der Waals surface area contributed by atoms with Gasteiger partial charge in [-0.2, -0.15) is 0 Å². The number of aromatic nitrogens is 3. The Kier molecular flexibility index (Phi) is 5.44. The predicted octanol–water partition coefficient (Wildman–Crippen LogP) is -1.98. The van der Waals surface area contributed by atoms with Gasteiger partial charge < -0.3 is 19.3 Å². The summed E-state index contributed by atoms with van der Waals surface area (Å²) in [5.74, 6) is -0.935. The lowest BCUT2D eigenvalue weighted by molar-refractivity contribution is -0.132. The van der Waals surface area contributed by atoms with Gasteiger partial charge in [-0.25, -0.2) is 32.9 Å². The Morgan fingerprint density at radius 2 is 1.11 bits per heavy atom. The first-order chi connectivity index (χ1) is 12.8. The van der Waals surface area contributed by atoms with E-state index >= 15 is 0 Å². The van der Waals surface area contributed by atoms with E-state index in [-0.39, 0.29) is 43.5 Å². The monoisotopic (exact) mass is 383 g/mol. The van der Waals surface area contributed by atoms with Crippen LogP contribution in [0.3, 0.4) is 0 Å². The molecular weight excluding hydrogens is 362 g/mol. The third kappa shape index (κ3) is 5.02. The van der Waals surface area contributed by atoms with E-state index in [0.717, 1.165) is 13.7 Å². The molecule has 27 heavy (non-hydrogen) atoms. The number of carboxylic acids is 1. The van der Waals surface area contributed by atoms with Gasteiger partial charge in [0, 0.05) is 5.57 Å². The van der Waals surface area contributed by atoms with Crippen molar-refractivity contribution in [1.82, 2.24) is 13.7 Å². The van der Waals surface area contributed by atoms with Crippen molar-refractivity contribution in [2.75, 3.05) is 19.8 Å². The van der Waals surface area contributed by atoms with Gasteiger partial charge in [0.25, 0.3) is 0 Å². The van der Waals surface area contributed by atoms with Crippen LogP contribution in [0.1, 0.15) is 6.92 Å². The topological polar surface area (TPSA) is 141 Å². The van der Waals surface area contributed by atoms with Crippen molar-refractivity contribution in [3.8, 4) is 0 Å². The number of nitrogens with zero attached hydrogens (tertiary/aromatic N) is 3. The molecule has 4 rings (SSSR count). The van der Waals surface area contributed by atoms with Crippen molar-refractivity contribution in [3.63, 3.8) is 0 Å². The van der Waals surface area contributed by atoms with Gasteiger partial charge in [0.1, 0.15) is 0 Å². The maximum absolute atomic E-state index is 12.4. The van der Waals surface area contributed by atoms with Crippen LogP contribution in [0.2, 0.25) is 0 Å².